The lowest BCUT2D eigenvalue weighted by molar-refractivity contribution is 0.263. The molecular weight excluding hydrogens is 174 g/mol. The Kier molecular flexibility index (Phi) is 2.85. The maximum absolute atomic E-state index is 8.97. The van der Waals surface area contributed by atoms with E-state index < -0.39 is 0 Å². The monoisotopic (exact) mass is 191 g/mol. The largest absolute Gasteiger partial charge is 0.396 e. The number of aliphatic hydroxyl groups is 1. The fourth-order valence-electron chi connectivity index (χ4n) is 2.26. The molecule has 1 heterocycles. The van der Waals surface area contributed by atoms with Crippen molar-refractivity contribution in [2.75, 3.05) is 13.2 Å². The van der Waals surface area contributed by atoms with Crippen molar-refractivity contribution >= 4 is 0 Å². The van der Waals surface area contributed by atoms with E-state index in [9.17, 15) is 0 Å². The van der Waals surface area contributed by atoms with Crippen molar-refractivity contribution in [3.8, 4) is 0 Å². The molecule has 0 saturated heterocycles. The van der Waals surface area contributed by atoms with Crippen LogP contribution in [0.25, 0.3) is 0 Å². The zero-order chi connectivity index (χ0) is 9.97. The van der Waals surface area contributed by atoms with Crippen LogP contribution in [0.15, 0.2) is 18.2 Å². The summed E-state index contributed by atoms with van der Waals surface area (Å²) < 4.78 is 0. The van der Waals surface area contributed by atoms with Gasteiger partial charge in [-0.1, -0.05) is 18.2 Å². The van der Waals surface area contributed by atoms with Crippen LogP contribution in [0.4, 0.5) is 0 Å². The summed E-state index contributed by atoms with van der Waals surface area (Å²) in [5, 5.41) is 12.4. The predicted molar refractivity (Wildman–Crippen MR) is 57.3 cm³/mol. The minimum atomic E-state index is 0.255. The molecule has 2 nitrogen and oxygen atoms in total. The summed E-state index contributed by atoms with van der Waals surface area (Å²) in [7, 11) is 0. The van der Waals surface area contributed by atoms with Gasteiger partial charge in [0.05, 0.1) is 0 Å². The van der Waals surface area contributed by atoms with Crippen LogP contribution in [0, 0.1) is 6.92 Å². The molecule has 2 N–H and O–H groups in total. The molecule has 14 heavy (non-hydrogen) atoms. The summed E-state index contributed by atoms with van der Waals surface area (Å²) in [4.78, 5) is 0. The van der Waals surface area contributed by atoms with Crippen molar-refractivity contribution in [2.45, 2.75) is 25.8 Å². The molecule has 1 aromatic carbocycles. The lowest BCUT2D eigenvalue weighted by Gasteiger charge is -2.27. The molecule has 0 spiro atoms. The fourth-order valence-corrected chi connectivity index (χ4v) is 2.26. The number of rotatable bonds is 2. The highest BCUT2D eigenvalue weighted by Gasteiger charge is 2.19. The molecule has 1 aliphatic rings. The SMILES string of the molecule is Cc1cccc2c1CCNC2CCO. The maximum Gasteiger partial charge on any atom is 0.0449 e. The van der Waals surface area contributed by atoms with E-state index in [-0.39, 0.29) is 6.61 Å². The molecule has 2 heteroatoms. The van der Waals surface area contributed by atoms with E-state index in [4.69, 9.17) is 5.11 Å². The van der Waals surface area contributed by atoms with Crippen LogP contribution in [0.3, 0.4) is 0 Å². The van der Waals surface area contributed by atoms with Gasteiger partial charge < -0.3 is 10.4 Å². The van der Waals surface area contributed by atoms with Gasteiger partial charge in [0.25, 0.3) is 0 Å². The van der Waals surface area contributed by atoms with Crippen molar-refractivity contribution in [1.29, 1.82) is 0 Å². The minimum Gasteiger partial charge on any atom is -0.396 e. The Morgan fingerprint density at radius 3 is 3.14 bits per heavy atom. The summed E-state index contributed by atoms with van der Waals surface area (Å²) in [6, 6.07) is 6.80. The number of fused-ring (bicyclic) bond motifs is 1. The number of aryl methyl sites for hydroxylation is 1. The van der Waals surface area contributed by atoms with E-state index in [2.05, 4.69) is 30.4 Å². The van der Waals surface area contributed by atoms with Gasteiger partial charge in [0.1, 0.15) is 0 Å². The Morgan fingerprint density at radius 2 is 2.36 bits per heavy atom. The van der Waals surface area contributed by atoms with Crippen molar-refractivity contribution in [3.05, 3.63) is 34.9 Å². The smallest absolute Gasteiger partial charge is 0.0449 e. The topological polar surface area (TPSA) is 32.3 Å². The van der Waals surface area contributed by atoms with Gasteiger partial charge >= 0.3 is 0 Å². The van der Waals surface area contributed by atoms with Crippen molar-refractivity contribution in [2.24, 2.45) is 0 Å². The second kappa shape index (κ2) is 4.11. The van der Waals surface area contributed by atoms with E-state index in [1.54, 1.807) is 0 Å². The molecule has 0 saturated carbocycles. The van der Waals surface area contributed by atoms with Gasteiger partial charge in [-0.25, -0.2) is 0 Å². The molecule has 1 unspecified atom stereocenters. The molecule has 1 aromatic rings. The molecule has 2 rings (SSSR count). The van der Waals surface area contributed by atoms with E-state index in [1.165, 1.54) is 16.7 Å². The van der Waals surface area contributed by atoms with Crippen LogP contribution in [-0.4, -0.2) is 18.3 Å². The molecule has 1 aliphatic heterocycles. The van der Waals surface area contributed by atoms with Gasteiger partial charge in [-0.05, 0) is 43.0 Å². The van der Waals surface area contributed by atoms with E-state index in [0.29, 0.717) is 6.04 Å². The van der Waals surface area contributed by atoms with Crippen LogP contribution < -0.4 is 5.32 Å². The second-order valence-corrected chi connectivity index (χ2v) is 3.91. The number of benzene rings is 1. The Hall–Kier alpha value is -0.860. The van der Waals surface area contributed by atoms with Crippen LogP contribution >= 0.6 is 0 Å². The molecule has 76 valence electrons. The van der Waals surface area contributed by atoms with Crippen LogP contribution in [0.1, 0.15) is 29.2 Å². The summed E-state index contributed by atoms with van der Waals surface area (Å²) in [5.41, 5.74) is 4.24. The zero-order valence-electron chi connectivity index (χ0n) is 8.59. The Labute approximate surface area is 85.0 Å². The highest BCUT2D eigenvalue weighted by molar-refractivity contribution is 5.38. The molecular formula is C12H17NO. The lowest BCUT2D eigenvalue weighted by Crippen LogP contribution is -2.30. The average molecular weight is 191 g/mol. The Morgan fingerprint density at radius 1 is 1.50 bits per heavy atom. The number of hydrogen-bond donors (Lipinski definition) is 2. The molecule has 0 aliphatic carbocycles. The first-order valence-electron chi connectivity index (χ1n) is 5.25. The average Bonchev–Trinajstić information content (AvgIpc) is 2.20. The minimum absolute atomic E-state index is 0.255. The van der Waals surface area contributed by atoms with Gasteiger partial charge in [-0.2, -0.15) is 0 Å². The third kappa shape index (κ3) is 1.68. The summed E-state index contributed by atoms with van der Waals surface area (Å²) in [6.07, 6.45) is 1.93. The van der Waals surface area contributed by atoms with Crippen molar-refractivity contribution in [1.82, 2.24) is 5.32 Å². The zero-order valence-corrected chi connectivity index (χ0v) is 8.59. The lowest BCUT2D eigenvalue weighted by atomic mass is 9.90. The highest BCUT2D eigenvalue weighted by atomic mass is 16.3. The standard InChI is InChI=1S/C12H17NO/c1-9-3-2-4-11-10(9)5-7-13-12(11)6-8-14/h2-4,12-14H,5-8H2,1H3. The van der Waals surface area contributed by atoms with Crippen LogP contribution in [0.2, 0.25) is 0 Å². The third-order valence-corrected chi connectivity index (χ3v) is 3.01. The van der Waals surface area contributed by atoms with Crippen molar-refractivity contribution in [3.63, 3.8) is 0 Å². The molecule has 0 amide bonds. The quantitative estimate of drug-likeness (QED) is 0.743. The van der Waals surface area contributed by atoms with E-state index in [0.717, 1.165) is 19.4 Å². The normalized spacial score (nSPS) is 20.6. The number of nitrogens with one attached hydrogen (secondary N) is 1. The second-order valence-electron chi connectivity index (χ2n) is 3.91. The Bertz CT molecular complexity index is 322. The number of hydrogen-bond acceptors (Lipinski definition) is 2. The first-order chi connectivity index (χ1) is 6.83. The molecule has 0 radical (unpaired) electrons. The van der Waals surface area contributed by atoms with Gasteiger partial charge in [-0.3, -0.25) is 0 Å². The van der Waals surface area contributed by atoms with Gasteiger partial charge in [0.15, 0.2) is 0 Å². The predicted octanol–water partition coefficient (Wildman–Crippen LogP) is 1.56. The maximum atomic E-state index is 8.97. The summed E-state index contributed by atoms with van der Waals surface area (Å²) >= 11 is 0. The van der Waals surface area contributed by atoms with Gasteiger partial charge in [-0.15, -0.1) is 0 Å². The van der Waals surface area contributed by atoms with Crippen LogP contribution in [0.5, 0.6) is 0 Å². The van der Waals surface area contributed by atoms with Crippen molar-refractivity contribution < 1.29 is 5.11 Å². The first kappa shape index (κ1) is 9.69. The molecule has 0 fully saturated rings. The first-order valence-corrected chi connectivity index (χ1v) is 5.25. The van der Waals surface area contributed by atoms with Gasteiger partial charge in [0.2, 0.25) is 0 Å². The molecule has 0 bridgehead atoms. The summed E-state index contributed by atoms with van der Waals surface area (Å²) in [5.74, 6) is 0. The van der Waals surface area contributed by atoms with Gasteiger partial charge in [0, 0.05) is 12.6 Å². The van der Waals surface area contributed by atoms with E-state index >= 15 is 0 Å². The third-order valence-electron chi connectivity index (χ3n) is 3.01. The fraction of sp³-hybridized carbons (Fsp3) is 0.500. The Balaban J connectivity index is 2.34. The highest BCUT2D eigenvalue weighted by Crippen LogP contribution is 2.27. The molecule has 1 atom stereocenters. The number of aliphatic hydroxyl groups excluding tert-OH is 1. The molecule has 0 aromatic heterocycles. The summed E-state index contributed by atoms with van der Waals surface area (Å²) in [6.45, 7) is 3.45. The van der Waals surface area contributed by atoms with Crippen LogP contribution in [-0.2, 0) is 6.42 Å². The van der Waals surface area contributed by atoms with E-state index in [1.807, 2.05) is 0 Å².